The Morgan fingerprint density at radius 2 is 2.08 bits per heavy atom. The van der Waals surface area contributed by atoms with Crippen molar-refractivity contribution in [2.75, 3.05) is 26.7 Å². The van der Waals surface area contributed by atoms with E-state index in [-0.39, 0.29) is 5.41 Å². The molecule has 0 aliphatic heterocycles. The van der Waals surface area contributed by atoms with Gasteiger partial charge >= 0.3 is 0 Å². The van der Waals surface area contributed by atoms with Crippen LogP contribution in [0.25, 0.3) is 0 Å². The lowest BCUT2D eigenvalue weighted by Gasteiger charge is -2.28. The van der Waals surface area contributed by atoms with Crippen LogP contribution < -0.4 is 0 Å². The molecule has 0 rings (SSSR count). The number of ether oxygens (including phenoxy) is 1. The zero-order valence-corrected chi connectivity index (χ0v) is 8.46. The second-order valence-electron chi connectivity index (χ2n) is 3.90. The topological polar surface area (TPSA) is 29.5 Å². The van der Waals surface area contributed by atoms with Crippen LogP contribution in [0.5, 0.6) is 0 Å². The normalized spacial score (nSPS) is 11.8. The van der Waals surface area contributed by atoms with E-state index in [0.717, 1.165) is 13.1 Å². The molecule has 0 aromatic carbocycles. The summed E-state index contributed by atoms with van der Waals surface area (Å²) in [5.41, 5.74) is 0.0473. The smallest absolute Gasteiger partial charge is 0.293 e. The van der Waals surface area contributed by atoms with Crippen LogP contribution in [0, 0.1) is 5.41 Å². The Kier molecular flexibility index (Phi) is 4.90. The molecule has 0 radical (unpaired) electrons. The van der Waals surface area contributed by atoms with Crippen LogP contribution in [-0.2, 0) is 9.53 Å². The molecule has 0 N–H and O–H groups in total. The number of hydrogen-bond donors (Lipinski definition) is 0. The molecule has 0 aromatic heterocycles. The molecule has 0 saturated heterocycles. The summed E-state index contributed by atoms with van der Waals surface area (Å²) in [5.74, 6) is 0. The van der Waals surface area contributed by atoms with Crippen LogP contribution in [0.4, 0.5) is 0 Å². The molecule has 12 heavy (non-hydrogen) atoms. The fourth-order valence-corrected chi connectivity index (χ4v) is 1.15. The van der Waals surface area contributed by atoms with E-state index < -0.39 is 0 Å². The SMILES string of the molecule is CCN(C)CC(C)(C)COC=O. The first-order valence-electron chi connectivity index (χ1n) is 4.25. The summed E-state index contributed by atoms with van der Waals surface area (Å²) in [6, 6.07) is 0. The largest absolute Gasteiger partial charge is 0.467 e. The third-order valence-corrected chi connectivity index (χ3v) is 1.78. The monoisotopic (exact) mass is 173 g/mol. The first-order chi connectivity index (χ1) is 5.52. The highest BCUT2D eigenvalue weighted by Gasteiger charge is 2.19. The van der Waals surface area contributed by atoms with E-state index in [9.17, 15) is 4.79 Å². The van der Waals surface area contributed by atoms with Crippen molar-refractivity contribution in [3.63, 3.8) is 0 Å². The minimum absolute atomic E-state index is 0.0473. The van der Waals surface area contributed by atoms with Crippen molar-refractivity contribution in [1.82, 2.24) is 4.90 Å². The molecule has 3 nitrogen and oxygen atoms in total. The maximum Gasteiger partial charge on any atom is 0.293 e. The average Bonchev–Trinajstić information content (AvgIpc) is 2.00. The quantitative estimate of drug-likeness (QED) is 0.564. The number of rotatable bonds is 6. The van der Waals surface area contributed by atoms with Gasteiger partial charge in [0, 0.05) is 12.0 Å². The van der Waals surface area contributed by atoms with Gasteiger partial charge in [-0.15, -0.1) is 0 Å². The van der Waals surface area contributed by atoms with Crippen LogP contribution in [0.2, 0.25) is 0 Å². The van der Waals surface area contributed by atoms with E-state index >= 15 is 0 Å². The second kappa shape index (κ2) is 5.14. The van der Waals surface area contributed by atoms with Gasteiger partial charge in [-0.2, -0.15) is 0 Å². The van der Waals surface area contributed by atoms with E-state index in [4.69, 9.17) is 4.74 Å². The molecule has 72 valence electrons. The molecule has 3 heteroatoms. The van der Waals surface area contributed by atoms with Crippen molar-refractivity contribution in [2.45, 2.75) is 20.8 Å². The van der Waals surface area contributed by atoms with Gasteiger partial charge in [-0.25, -0.2) is 0 Å². The Bertz CT molecular complexity index is 134. The maximum atomic E-state index is 9.97. The second-order valence-corrected chi connectivity index (χ2v) is 3.90. The Labute approximate surface area is 74.7 Å². The van der Waals surface area contributed by atoms with Gasteiger partial charge in [0.15, 0.2) is 0 Å². The van der Waals surface area contributed by atoms with Gasteiger partial charge in [-0.05, 0) is 13.6 Å². The van der Waals surface area contributed by atoms with Crippen molar-refractivity contribution < 1.29 is 9.53 Å². The number of nitrogens with zero attached hydrogens (tertiary/aromatic N) is 1. The first-order valence-corrected chi connectivity index (χ1v) is 4.25. The zero-order valence-electron chi connectivity index (χ0n) is 8.46. The lowest BCUT2D eigenvalue weighted by Crippen LogP contribution is -2.34. The summed E-state index contributed by atoms with van der Waals surface area (Å²) in [6.07, 6.45) is 0. The van der Waals surface area contributed by atoms with E-state index in [1.807, 2.05) is 0 Å². The Morgan fingerprint density at radius 3 is 2.50 bits per heavy atom. The van der Waals surface area contributed by atoms with E-state index in [1.54, 1.807) is 0 Å². The predicted octanol–water partition coefficient (Wildman–Crippen LogP) is 1.14. The van der Waals surface area contributed by atoms with Crippen molar-refractivity contribution in [1.29, 1.82) is 0 Å². The van der Waals surface area contributed by atoms with Gasteiger partial charge in [0.2, 0.25) is 0 Å². The van der Waals surface area contributed by atoms with Gasteiger partial charge in [-0.3, -0.25) is 4.79 Å². The van der Waals surface area contributed by atoms with Gasteiger partial charge in [0.25, 0.3) is 6.47 Å². The lowest BCUT2D eigenvalue weighted by molar-refractivity contribution is -0.131. The zero-order chi connectivity index (χ0) is 9.61. The maximum absolute atomic E-state index is 9.97. The summed E-state index contributed by atoms with van der Waals surface area (Å²) < 4.78 is 4.74. The van der Waals surface area contributed by atoms with Crippen LogP contribution in [0.1, 0.15) is 20.8 Å². The summed E-state index contributed by atoms with van der Waals surface area (Å²) in [4.78, 5) is 12.2. The van der Waals surface area contributed by atoms with Crippen molar-refractivity contribution >= 4 is 6.47 Å². The number of carbonyl (C=O) groups excluding carboxylic acids is 1. The minimum atomic E-state index is 0.0473. The molecule has 0 amide bonds. The Morgan fingerprint density at radius 1 is 1.50 bits per heavy atom. The molecule has 0 atom stereocenters. The fraction of sp³-hybridized carbons (Fsp3) is 0.889. The summed E-state index contributed by atoms with van der Waals surface area (Å²) in [6.45, 7) is 9.23. The van der Waals surface area contributed by atoms with Crippen LogP contribution in [0.15, 0.2) is 0 Å². The predicted molar refractivity (Wildman–Crippen MR) is 49.0 cm³/mol. The number of carbonyl (C=O) groups is 1. The molecule has 0 heterocycles. The van der Waals surface area contributed by atoms with Crippen LogP contribution >= 0.6 is 0 Å². The Balaban J connectivity index is 3.76. The Hall–Kier alpha value is -0.570. The highest BCUT2D eigenvalue weighted by molar-refractivity contribution is 5.36. The molecule has 0 bridgehead atoms. The van der Waals surface area contributed by atoms with Gasteiger partial charge < -0.3 is 9.64 Å². The molecular weight excluding hydrogens is 154 g/mol. The molecule has 0 fully saturated rings. The van der Waals surface area contributed by atoms with Gasteiger partial charge in [-0.1, -0.05) is 20.8 Å². The average molecular weight is 173 g/mol. The van der Waals surface area contributed by atoms with E-state index in [0.29, 0.717) is 13.1 Å². The van der Waals surface area contributed by atoms with Crippen LogP contribution in [-0.4, -0.2) is 38.1 Å². The highest BCUT2D eigenvalue weighted by atomic mass is 16.5. The van der Waals surface area contributed by atoms with Crippen molar-refractivity contribution in [3.8, 4) is 0 Å². The molecule has 0 unspecified atom stereocenters. The summed E-state index contributed by atoms with van der Waals surface area (Å²) >= 11 is 0. The standard InChI is InChI=1S/C9H19NO2/c1-5-10(4)6-9(2,3)7-12-8-11/h8H,5-7H2,1-4H3. The lowest BCUT2D eigenvalue weighted by atomic mass is 9.94. The molecule has 0 saturated carbocycles. The van der Waals surface area contributed by atoms with Gasteiger partial charge in [0.1, 0.15) is 0 Å². The highest BCUT2D eigenvalue weighted by Crippen LogP contribution is 2.15. The summed E-state index contributed by atoms with van der Waals surface area (Å²) in [7, 11) is 2.06. The number of hydrogen-bond acceptors (Lipinski definition) is 3. The van der Waals surface area contributed by atoms with Gasteiger partial charge in [0.05, 0.1) is 6.61 Å². The molecule has 0 spiro atoms. The fourth-order valence-electron chi connectivity index (χ4n) is 1.15. The van der Waals surface area contributed by atoms with Crippen LogP contribution in [0.3, 0.4) is 0 Å². The van der Waals surface area contributed by atoms with Crippen molar-refractivity contribution in [3.05, 3.63) is 0 Å². The third kappa shape index (κ3) is 5.13. The van der Waals surface area contributed by atoms with Crippen molar-refractivity contribution in [2.24, 2.45) is 5.41 Å². The van der Waals surface area contributed by atoms with E-state index in [2.05, 4.69) is 32.7 Å². The molecule has 0 aliphatic carbocycles. The summed E-state index contributed by atoms with van der Waals surface area (Å²) in [5, 5.41) is 0. The molecular formula is C9H19NO2. The third-order valence-electron chi connectivity index (χ3n) is 1.78. The van der Waals surface area contributed by atoms with E-state index in [1.165, 1.54) is 0 Å². The molecule has 0 aliphatic rings. The minimum Gasteiger partial charge on any atom is -0.467 e. The first kappa shape index (κ1) is 11.4. The molecule has 0 aromatic rings.